The Kier molecular flexibility index (Phi) is 10.8. The Morgan fingerprint density at radius 2 is 1.60 bits per heavy atom. The van der Waals surface area contributed by atoms with E-state index in [1.165, 1.54) is 0 Å². The summed E-state index contributed by atoms with van der Waals surface area (Å²) in [5.74, 6) is 6.16. The van der Waals surface area contributed by atoms with Crippen LogP contribution in [0.2, 0.25) is 16.6 Å². The van der Waals surface area contributed by atoms with Crippen LogP contribution in [-0.2, 0) is 20.8 Å². The summed E-state index contributed by atoms with van der Waals surface area (Å²) < 4.78 is 57.9. The first kappa shape index (κ1) is 28.2. The molecule has 0 spiro atoms. The number of terminal acetylenes is 1. The van der Waals surface area contributed by atoms with Crippen molar-refractivity contribution in [2.45, 2.75) is 70.2 Å². The maximum Gasteiger partial charge on any atom is 0.523 e. The first-order valence-electron chi connectivity index (χ1n) is 9.49. The molecule has 0 fully saturated rings. The molecule has 0 aromatic carbocycles. The first-order valence-corrected chi connectivity index (χ1v) is 13.1. The molecule has 0 aliphatic carbocycles. The minimum atomic E-state index is -5.34. The molecule has 0 saturated carbocycles. The molecule has 1 aromatic rings. The average molecular weight is 463 g/mol. The molecular formula is C21H31F3NO3SSi+. The summed E-state index contributed by atoms with van der Waals surface area (Å²) in [7, 11) is -6.57. The van der Waals surface area contributed by atoms with E-state index in [0.29, 0.717) is 30.3 Å². The first-order chi connectivity index (χ1) is 13.7. The second-order valence-corrected chi connectivity index (χ2v) is 14.9. The van der Waals surface area contributed by atoms with Gasteiger partial charge in [-0.1, -0.05) is 41.5 Å². The molecule has 168 valence electrons. The van der Waals surface area contributed by atoms with Crippen molar-refractivity contribution in [2.24, 2.45) is 0 Å². The van der Waals surface area contributed by atoms with Crippen LogP contribution in [0.1, 0.15) is 47.2 Å². The van der Waals surface area contributed by atoms with Crippen molar-refractivity contribution in [3.8, 4) is 23.8 Å². The summed E-state index contributed by atoms with van der Waals surface area (Å²) in [5, 5.41) is 0. The summed E-state index contributed by atoms with van der Waals surface area (Å²) in [6.07, 6.45) is 7.45. The van der Waals surface area contributed by atoms with Crippen molar-refractivity contribution in [1.29, 1.82) is 0 Å². The number of rotatable bonds is 5. The van der Waals surface area contributed by atoms with Crippen LogP contribution in [0.3, 0.4) is 0 Å². The van der Waals surface area contributed by atoms with Crippen molar-refractivity contribution in [3.63, 3.8) is 0 Å². The van der Waals surface area contributed by atoms with Gasteiger partial charge in [-0.05, 0) is 34.5 Å². The van der Waals surface area contributed by atoms with Crippen LogP contribution in [0.25, 0.3) is 0 Å². The maximum atomic E-state index is 11.1. The number of pyridine rings is 1. The van der Waals surface area contributed by atoms with Gasteiger partial charge in [0.2, 0.25) is 6.54 Å². The minimum absolute atomic E-state index is 0.447. The Balaban J connectivity index is 0.000000787. The van der Waals surface area contributed by atoms with E-state index in [9.17, 15) is 21.6 Å². The Morgan fingerprint density at radius 3 is 1.93 bits per heavy atom. The van der Waals surface area contributed by atoms with E-state index in [-0.39, 0.29) is 0 Å². The smallest absolute Gasteiger partial charge is 0.267 e. The largest absolute Gasteiger partial charge is 0.523 e. The predicted molar refractivity (Wildman–Crippen MR) is 115 cm³/mol. The summed E-state index contributed by atoms with van der Waals surface area (Å²) in [6.45, 7) is 14.6. The monoisotopic (exact) mass is 462 g/mol. The van der Waals surface area contributed by atoms with Crippen molar-refractivity contribution in [3.05, 3.63) is 30.1 Å². The average Bonchev–Trinajstić information content (AvgIpc) is 2.62. The van der Waals surface area contributed by atoms with Crippen LogP contribution >= 0.6 is 0 Å². The van der Waals surface area contributed by atoms with Gasteiger partial charge in [-0.2, -0.15) is 26.2 Å². The van der Waals surface area contributed by atoms with Gasteiger partial charge in [0, 0.05) is 12.1 Å². The van der Waals surface area contributed by atoms with E-state index >= 15 is 0 Å². The quantitative estimate of drug-likeness (QED) is 0.210. The Morgan fingerprint density at radius 1 is 1.10 bits per heavy atom. The molecule has 0 aliphatic rings. The Hall–Kier alpha value is -1.81. The molecule has 0 amide bonds. The highest BCUT2D eigenvalue weighted by Gasteiger charge is 2.46. The molecule has 9 heteroatoms. The highest BCUT2D eigenvalue weighted by atomic mass is 32.2. The van der Waals surface area contributed by atoms with Gasteiger partial charge >= 0.3 is 15.6 Å². The summed E-state index contributed by atoms with van der Waals surface area (Å²) >= 11 is 0. The van der Waals surface area contributed by atoms with E-state index in [1.807, 2.05) is 22.9 Å². The zero-order valence-corrected chi connectivity index (χ0v) is 20.4. The Bertz CT molecular complexity index is 871. The van der Waals surface area contributed by atoms with Crippen molar-refractivity contribution in [1.82, 2.24) is 0 Å². The highest BCUT2D eigenvalue weighted by molar-refractivity contribution is 7.87. The molecule has 30 heavy (non-hydrogen) atoms. The fourth-order valence-corrected chi connectivity index (χ4v) is 8.93. The summed E-state index contributed by atoms with van der Waals surface area (Å²) in [4.78, 5) is 0. The molecular weight excluding hydrogens is 431 g/mol. The summed E-state index contributed by atoms with van der Waals surface area (Å²) in [6, 6.07) is 6.09. The molecule has 0 aliphatic heterocycles. The lowest BCUT2D eigenvalue weighted by molar-refractivity contribution is -0.687. The second-order valence-electron chi connectivity index (χ2n) is 7.63. The van der Waals surface area contributed by atoms with Crippen molar-refractivity contribution in [2.75, 3.05) is 7.11 Å². The second kappa shape index (κ2) is 11.5. The minimum Gasteiger partial charge on any atom is -0.267 e. The molecule has 0 N–H and O–H groups in total. The Labute approximate surface area is 180 Å². The molecule has 0 saturated heterocycles. The van der Waals surface area contributed by atoms with E-state index in [1.54, 1.807) is 0 Å². The van der Waals surface area contributed by atoms with Gasteiger partial charge in [0.05, 0.1) is 7.11 Å². The molecule has 0 unspecified atom stereocenters. The third-order valence-electron chi connectivity index (χ3n) is 4.98. The van der Waals surface area contributed by atoms with Crippen LogP contribution in [0.5, 0.6) is 0 Å². The zero-order valence-electron chi connectivity index (χ0n) is 18.5. The maximum absolute atomic E-state index is 11.1. The fourth-order valence-electron chi connectivity index (χ4n) is 3.53. The van der Waals surface area contributed by atoms with Crippen LogP contribution in [0.4, 0.5) is 13.2 Å². The fraction of sp³-hybridized carbons (Fsp3) is 0.571. The molecule has 1 heterocycles. The molecule has 1 aromatic heterocycles. The van der Waals surface area contributed by atoms with Crippen LogP contribution < -0.4 is 4.57 Å². The van der Waals surface area contributed by atoms with Crippen molar-refractivity contribution >= 4 is 18.2 Å². The SMILES string of the molecule is C#CC[n+]1ccccc1C#C[Si](C(C)C)(C(C)C)C(C)C.COS(=O)(=O)C(F)(F)F. The van der Waals surface area contributed by atoms with Crippen molar-refractivity contribution < 1.29 is 30.3 Å². The normalized spacial score (nSPS) is 12.1. The van der Waals surface area contributed by atoms with E-state index in [2.05, 4.69) is 69.2 Å². The van der Waals surface area contributed by atoms with Crippen LogP contribution in [-0.4, -0.2) is 29.1 Å². The lowest BCUT2D eigenvalue weighted by atomic mass is 10.3. The summed E-state index contributed by atoms with van der Waals surface area (Å²) in [5.41, 5.74) is 1.41. The van der Waals surface area contributed by atoms with Gasteiger partial charge < -0.3 is 0 Å². The van der Waals surface area contributed by atoms with Gasteiger partial charge in [-0.15, -0.1) is 12.0 Å². The van der Waals surface area contributed by atoms with E-state index < -0.39 is 23.7 Å². The van der Waals surface area contributed by atoms with Gasteiger partial charge in [0.25, 0.3) is 5.69 Å². The highest BCUT2D eigenvalue weighted by Crippen LogP contribution is 2.40. The number of halogens is 3. The standard InChI is InChI=1S/C19H28NSi.C2H3F3O3S/c1-8-13-20-14-10-9-11-19(20)12-15-21(16(2)3,17(4)5)18(6)7;1-8-9(6,7)2(3,4)5/h1,9-11,14,16-18H,13H2,2-7H3;1H3/q+1;. The molecule has 4 nitrogen and oxygen atoms in total. The van der Waals surface area contributed by atoms with E-state index in [4.69, 9.17) is 6.42 Å². The number of aromatic nitrogens is 1. The molecule has 0 atom stereocenters. The number of hydrogen-bond acceptors (Lipinski definition) is 3. The van der Waals surface area contributed by atoms with Gasteiger partial charge in [0.15, 0.2) is 6.20 Å². The zero-order chi connectivity index (χ0) is 23.8. The third-order valence-corrected chi connectivity index (χ3v) is 12.3. The van der Waals surface area contributed by atoms with Gasteiger partial charge in [-0.25, -0.2) is 0 Å². The number of nitrogens with zero attached hydrogens (tertiary/aromatic N) is 1. The predicted octanol–water partition coefficient (Wildman–Crippen LogP) is 4.66. The molecule has 1 rings (SSSR count). The van der Waals surface area contributed by atoms with Gasteiger partial charge in [-0.3, -0.25) is 4.18 Å². The lowest BCUT2D eigenvalue weighted by Crippen LogP contribution is -2.43. The molecule has 0 radical (unpaired) electrons. The van der Waals surface area contributed by atoms with E-state index in [0.717, 1.165) is 5.69 Å². The van der Waals surface area contributed by atoms with Crippen LogP contribution in [0, 0.1) is 23.8 Å². The topological polar surface area (TPSA) is 47.2 Å². The van der Waals surface area contributed by atoms with Crippen LogP contribution in [0.15, 0.2) is 24.4 Å². The van der Waals surface area contributed by atoms with Gasteiger partial charge in [0.1, 0.15) is 8.07 Å². The number of hydrogen-bond donors (Lipinski definition) is 0. The number of alkyl halides is 3. The third kappa shape index (κ3) is 7.15. The molecule has 0 bridgehead atoms. The lowest BCUT2D eigenvalue weighted by Gasteiger charge is -2.37.